The number of methoxy groups -OCH3 is 1. The molecule has 1 saturated heterocycles. The van der Waals surface area contributed by atoms with Gasteiger partial charge < -0.3 is 9.47 Å². The molecule has 5 nitrogen and oxygen atoms in total. The fourth-order valence-corrected chi connectivity index (χ4v) is 2.84. The highest BCUT2D eigenvalue weighted by Crippen LogP contribution is 2.22. The van der Waals surface area contributed by atoms with Crippen LogP contribution in [0.5, 0.6) is 0 Å². The predicted octanol–water partition coefficient (Wildman–Crippen LogP) is 1.85. The lowest BCUT2D eigenvalue weighted by Gasteiger charge is -2.12. The van der Waals surface area contributed by atoms with Crippen LogP contribution in [0.3, 0.4) is 0 Å². The standard InChI is InChI=1S/C13H18O5S/c1-10-3-6-12(7-4-10)19(14,15)17-9-11-5-8-13(16-2)18-11/h3-4,6-7,11,13H,5,8-9H2,1-2H3/t11-,13?/m1/s1. The number of ether oxygens (including phenoxy) is 2. The number of hydrogen-bond acceptors (Lipinski definition) is 5. The normalized spacial score (nSPS) is 23.7. The summed E-state index contributed by atoms with van der Waals surface area (Å²) in [6.07, 6.45) is 1.01. The van der Waals surface area contributed by atoms with E-state index < -0.39 is 10.1 Å². The van der Waals surface area contributed by atoms with E-state index in [-0.39, 0.29) is 23.9 Å². The van der Waals surface area contributed by atoms with Gasteiger partial charge in [-0.15, -0.1) is 0 Å². The minimum absolute atomic E-state index is 0.0239. The third kappa shape index (κ3) is 3.76. The molecular weight excluding hydrogens is 268 g/mol. The van der Waals surface area contributed by atoms with Gasteiger partial charge in [0, 0.05) is 13.5 Å². The molecule has 1 unspecified atom stereocenters. The molecule has 0 spiro atoms. The Bertz CT molecular complexity index is 508. The second-order valence-electron chi connectivity index (χ2n) is 4.55. The molecule has 2 atom stereocenters. The molecule has 106 valence electrons. The Morgan fingerprint density at radius 1 is 1.26 bits per heavy atom. The SMILES string of the molecule is COC1CC[C@H](COS(=O)(=O)c2ccc(C)cc2)O1. The molecule has 0 N–H and O–H groups in total. The van der Waals surface area contributed by atoms with Gasteiger partial charge in [0.25, 0.3) is 10.1 Å². The number of benzene rings is 1. The Labute approximate surface area is 113 Å². The molecule has 1 aliphatic heterocycles. The first-order chi connectivity index (χ1) is 9.01. The van der Waals surface area contributed by atoms with Crippen LogP contribution in [0.15, 0.2) is 29.2 Å². The monoisotopic (exact) mass is 286 g/mol. The fourth-order valence-electron chi connectivity index (χ4n) is 1.91. The molecule has 0 radical (unpaired) electrons. The van der Waals surface area contributed by atoms with Gasteiger partial charge in [-0.2, -0.15) is 8.42 Å². The van der Waals surface area contributed by atoms with Gasteiger partial charge in [0.15, 0.2) is 6.29 Å². The summed E-state index contributed by atoms with van der Waals surface area (Å²) in [5.74, 6) is 0. The smallest absolute Gasteiger partial charge is 0.297 e. The van der Waals surface area contributed by atoms with Crippen molar-refractivity contribution in [3.8, 4) is 0 Å². The highest BCUT2D eigenvalue weighted by atomic mass is 32.2. The zero-order valence-electron chi connectivity index (χ0n) is 11.0. The van der Waals surface area contributed by atoms with Crippen LogP contribution in [0.1, 0.15) is 18.4 Å². The maximum Gasteiger partial charge on any atom is 0.297 e. The van der Waals surface area contributed by atoms with Crippen molar-refractivity contribution >= 4 is 10.1 Å². The second-order valence-corrected chi connectivity index (χ2v) is 6.17. The minimum Gasteiger partial charge on any atom is -0.356 e. The van der Waals surface area contributed by atoms with E-state index in [4.69, 9.17) is 13.7 Å². The highest BCUT2D eigenvalue weighted by Gasteiger charge is 2.27. The first kappa shape index (κ1) is 14.5. The van der Waals surface area contributed by atoms with Crippen molar-refractivity contribution in [1.29, 1.82) is 0 Å². The average Bonchev–Trinajstić information content (AvgIpc) is 2.85. The predicted molar refractivity (Wildman–Crippen MR) is 69.2 cm³/mol. The number of aryl methyl sites for hydroxylation is 1. The van der Waals surface area contributed by atoms with E-state index in [0.29, 0.717) is 0 Å². The quantitative estimate of drug-likeness (QED) is 0.773. The van der Waals surface area contributed by atoms with Crippen LogP contribution >= 0.6 is 0 Å². The molecule has 1 aromatic rings. The average molecular weight is 286 g/mol. The van der Waals surface area contributed by atoms with Crippen molar-refractivity contribution in [3.63, 3.8) is 0 Å². The summed E-state index contributed by atoms with van der Waals surface area (Å²) in [5, 5.41) is 0. The van der Waals surface area contributed by atoms with Crippen LogP contribution in [0.25, 0.3) is 0 Å². The van der Waals surface area contributed by atoms with E-state index in [2.05, 4.69) is 0 Å². The zero-order chi connectivity index (χ0) is 13.9. The third-order valence-electron chi connectivity index (χ3n) is 3.05. The molecule has 0 saturated carbocycles. The van der Waals surface area contributed by atoms with Crippen molar-refractivity contribution in [2.75, 3.05) is 13.7 Å². The van der Waals surface area contributed by atoms with Gasteiger partial charge in [-0.05, 0) is 25.5 Å². The topological polar surface area (TPSA) is 61.8 Å². The molecule has 0 amide bonds. The van der Waals surface area contributed by atoms with E-state index >= 15 is 0 Å². The molecule has 2 rings (SSSR count). The molecule has 6 heteroatoms. The zero-order valence-corrected chi connectivity index (χ0v) is 11.9. The van der Waals surface area contributed by atoms with E-state index in [1.807, 2.05) is 6.92 Å². The van der Waals surface area contributed by atoms with Gasteiger partial charge in [-0.1, -0.05) is 17.7 Å². The lowest BCUT2D eigenvalue weighted by atomic mass is 10.2. The van der Waals surface area contributed by atoms with E-state index in [0.717, 1.165) is 18.4 Å². The van der Waals surface area contributed by atoms with Crippen molar-refractivity contribution in [1.82, 2.24) is 0 Å². The molecule has 0 aliphatic carbocycles. The van der Waals surface area contributed by atoms with Crippen molar-refractivity contribution in [3.05, 3.63) is 29.8 Å². The van der Waals surface area contributed by atoms with Crippen LogP contribution < -0.4 is 0 Å². The number of rotatable bonds is 5. The summed E-state index contributed by atoms with van der Waals surface area (Å²) in [6, 6.07) is 6.56. The highest BCUT2D eigenvalue weighted by molar-refractivity contribution is 7.86. The molecule has 1 fully saturated rings. The maximum atomic E-state index is 11.9. The summed E-state index contributed by atoms with van der Waals surface area (Å²) in [5.41, 5.74) is 1.00. The van der Waals surface area contributed by atoms with Crippen molar-refractivity contribution in [2.24, 2.45) is 0 Å². The second kappa shape index (κ2) is 6.00. The van der Waals surface area contributed by atoms with Gasteiger partial charge in [0.1, 0.15) is 0 Å². The molecule has 1 heterocycles. The van der Waals surface area contributed by atoms with Gasteiger partial charge in [0.05, 0.1) is 17.6 Å². The third-order valence-corrected chi connectivity index (χ3v) is 4.35. The lowest BCUT2D eigenvalue weighted by Crippen LogP contribution is -2.20. The Morgan fingerprint density at radius 2 is 1.95 bits per heavy atom. The van der Waals surface area contributed by atoms with Crippen molar-refractivity contribution < 1.29 is 22.1 Å². The number of hydrogen-bond donors (Lipinski definition) is 0. The molecule has 0 bridgehead atoms. The lowest BCUT2D eigenvalue weighted by molar-refractivity contribution is -0.120. The molecular formula is C13H18O5S. The first-order valence-corrected chi connectivity index (χ1v) is 7.56. The van der Waals surface area contributed by atoms with Crippen LogP contribution in [0.2, 0.25) is 0 Å². The van der Waals surface area contributed by atoms with Crippen LogP contribution in [0, 0.1) is 6.92 Å². The summed E-state index contributed by atoms with van der Waals surface area (Å²) in [7, 11) is -2.14. The van der Waals surface area contributed by atoms with E-state index in [1.54, 1.807) is 19.2 Å². The van der Waals surface area contributed by atoms with Crippen LogP contribution in [-0.2, 0) is 23.8 Å². The molecule has 19 heavy (non-hydrogen) atoms. The van der Waals surface area contributed by atoms with Crippen molar-refractivity contribution in [2.45, 2.75) is 37.1 Å². The Hall–Kier alpha value is -0.950. The van der Waals surface area contributed by atoms with Gasteiger partial charge >= 0.3 is 0 Å². The van der Waals surface area contributed by atoms with Gasteiger partial charge in [-0.3, -0.25) is 4.18 Å². The first-order valence-electron chi connectivity index (χ1n) is 6.15. The maximum absolute atomic E-state index is 11.9. The molecule has 0 aromatic heterocycles. The van der Waals surface area contributed by atoms with Gasteiger partial charge in [-0.25, -0.2) is 0 Å². The summed E-state index contributed by atoms with van der Waals surface area (Å²) in [4.78, 5) is 0.166. The summed E-state index contributed by atoms with van der Waals surface area (Å²) in [6.45, 7) is 1.92. The Kier molecular flexibility index (Phi) is 4.57. The Morgan fingerprint density at radius 3 is 2.53 bits per heavy atom. The molecule has 1 aliphatic rings. The van der Waals surface area contributed by atoms with Crippen LogP contribution in [0.4, 0.5) is 0 Å². The van der Waals surface area contributed by atoms with E-state index in [9.17, 15) is 8.42 Å². The summed E-state index contributed by atoms with van der Waals surface area (Å²) >= 11 is 0. The van der Waals surface area contributed by atoms with E-state index in [1.165, 1.54) is 12.1 Å². The largest absolute Gasteiger partial charge is 0.356 e. The Balaban J connectivity index is 1.93. The van der Waals surface area contributed by atoms with Gasteiger partial charge in [0.2, 0.25) is 0 Å². The van der Waals surface area contributed by atoms with Crippen LogP contribution in [-0.4, -0.2) is 34.5 Å². The fraction of sp³-hybridized carbons (Fsp3) is 0.538. The minimum atomic E-state index is -3.71. The molecule has 1 aromatic carbocycles. The summed E-state index contributed by atoms with van der Waals surface area (Å²) < 4.78 is 39.4.